The van der Waals surface area contributed by atoms with Gasteiger partial charge in [0.2, 0.25) is 5.91 Å². The highest BCUT2D eigenvalue weighted by Gasteiger charge is 2.54. The fourth-order valence-electron chi connectivity index (χ4n) is 4.10. The SMILES string of the molecule is CC(=O)N[C@@H]1[C@@H](O)[C@H](O)[C@@H](CO)O[C@@H]1C(O)P(=O)(O)OP(=O)(O)OC[C@H]1O[C@@H](n2ccc(=O)[nH]c2=O)[C@H](O)[C@@H]1O. The van der Waals surface area contributed by atoms with Crippen molar-refractivity contribution in [3.8, 4) is 0 Å². The van der Waals surface area contributed by atoms with Crippen LogP contribution in [0, 0.1) is 0 Å². The Morgan fingerprint density at radius 3 is 2.30 bits per heavy atom. The van der Waals surface area contributed by atoms with Crippen molar-refractivity contribution in [1.82, 2.24) is 14.9 Å². The van der Waals surface area contributed by atoms with Crippen molar-refractivity contribution >= 4 is 21.3 Å². The molecule has 3 unspecified atom stereocenters. The molecule has 0 bridgehead atoms. The second kappa shape index (κ2) is 12.6. The highest BCUT2D eigenvalue weighted by molar-refractivity contribution is 7.64. The lowest BCUT2D eigenvalue weighted by molar-refractivity contribution is -0.208. The van der Waals surface area contributed by atoms with Gasteiger partial charge in [-0.15, -0.1) is 0 Å². The predicted octanol–water partition coefficient (Wildman–Crippen LogP) is -5.22. The highest BCUT2D eigenvalue weighted by Crippen LogP contribution is 2.63. The zero-order valence-electron chi connectivity index (χ0n) is 20.4. The number of hydrogen-bond acceptors (Lipinski definition) is 15. The Balaban J connectivity index is 1.70. The number of aliphatic hydroxyl groups is 6. The van der Waals surface area contributed by atoms with Gasteiger partial charge in [-0.2, -0.15) is 0 Å². The first-order valence-electron chi connectivity index (χ1n) is 11.4. The molecule has 1 aromatic rings. The van der Waals surface area contributed by atoms with Gasteiger partial charge in [-0.3, -0.25) is 28.2 Å². The maximum Gasteiger partial charge on any atom is 0.479 e. The fourth-order valence-corrected chi connectivity index (χ4v) is 6.82. The van der Waals surface area contributed by atoms with Crippen LogP contribution in [0.5, 0.6) is 0 Å². The Hall–Kier alpha value is -1.87. The Morgan fingerprint density at radius 2 is 1.73 bits per heavy atom. The number of amides is 1. The number of hydrogen-bond donors (Lipinski definition) is 10. The van der Waals surface area contributed by atoms with E-state index < -0.39 is 107 Å². The molecule has 0 radical (unpaired) electrons. The number of H-pyrrole nitrogens is 1. The molecule has 40 heavy (non-hydrogen) atoms. The summed E-state index contributed by atoms with van der Waals surface area (Å²) >= 11 is 0. The van der Waals surface area contributed by atoms with Gasteiger partial charge in [0, 0.05) is 19.2 Å². The van der Waals surface area contributed by atoms with E-state index in [2.05, 4.69) is 14.2 Å². The minimum absolute atomic E-state index is 0.712. The smallest absolute Gasteiger partial charge is 0.394 e. The third-order valence-electron chi connectivity index (χ3n) is 6.05. The normalized spacial score (nSPS) is 36.4. The monoisotopic (exact) mass is 621 g/mol. The Morgan fingerprint density at radius 1 is 1.10 bits per heavy atom. The number of carbonyl (C=O) groups is 1. The van der Waals surface area contributed by atoms with Crippen LogP contribution in [0.4, 0.5) is 0 Å². The molecule has 2 fully saturated rings. The number of nitrogens with zero attached hydrogens (tertiary/aromatic N) is 1. The molecule has 0 aliphatic carbocycles. The molecular formula is C18H29N3O17P2. The number of aliphatic hydroxyl groups excluding tert-OH is 6. The van der Waals surface area contributed by atoms with Crippen LogP contribution < -0.4 is 16.6 Å². The molecule has 1 amide bonds. The molecule has 3 rings (SSSR count). The minimum atomic E-state index is -5.66. The third-order valence-corrected chi connectivity index (χ3v) is 9.25. The lowest BCUT2D eigenvalue weighted by Gasteiger charge is -2.44. The van der Waals surface area contributed by atoms with Crippen molar-refractivity contribution in [3.63, 3.8) is 0 Å². The molecule has 228 valence electrons. The largest absolute Gasteiger partial charge is 0.479 e. The van der Waals surface area contributed by atoms with Gasteiger partial charge >= 0.3 is 21.1 Å². The quantitative estimate of drug-likeness (QED) is 0.109. The summed E-state index contributed by atoms with van der Waals surface area (Å²) in [7, 11) is -11.3. The van der Waals surface area contributed by atoms with Crippen molar-refractivity contribution in [2.45, 2.75) is 67.8 Å². The number of aromatic nitrogens is 2. The van der Waals surface area contributed by atoms with E-state index in [-0.39, 0.29) is 0 Å². The van der Waals surface area contributed by atoms with E-state index in [0.29, 0.717) is 4.57 Å². The zero-order valence-corrected chi connectivity index (χ0v) is 22.2. The summed E-state index contributed by atoms with van der Waals surface area (Å²) in [5, 5.41) is 62.7. The zero-order chi connectivity index (χ0) is 30.2. The van der Waals surface area contributed by atoms with Crippen LogP contribution in [-0.4, -0.2) is 124 Å². The number of carbonyl (C=O) groups excluding carboxylic acids is 1. The van der Waals surface area contributed by atoms with E-state index in [4.69, 9.17) is 9.47 Å². The molecule has 0 aromatic carbocycles. The number of phosphoric acid groups is 1. The summed E-state index contributed by atoms with van der Waals surface area (Å²) in [6.07, 6.45) is -13.2. The molecule has 20 nitrogen and oxygen atoms in total. The summed E-state index contributed by atoms with van der Waals surface area (Å²) in [5.74, 6) is -3.58. The molecule has 1 aromatic heterocycles. The van der Waals surface area contributed by atoms with E-state index in [1.807, 2.05) is 4.98 Å². The van der Waals surface area contributed by atoms with E-state index in [0.717, 1.165) is 19.2 Å². The maximum absolute atomic E-state index is 12.7. The topological polar surface area (TPSA) is 317 Å². The molecule has 3 heterocycles. The first-order chi connectivity index (χ1) is 18.5. The van der Waals surface area contributed by atoms with E-state index >= 15 is 0 Å². The van der Waals surface area contributed by atoms with Crippen molar-refractivity contribution in [3.05, 3.63) is 33.1 Å². The molecular weight excluding hydrogens is 592 g/mol. The van der Waals surface area contributed by atoms with Crippen LogP contribution in [0.2, 0.25) is 0 Å². The van der Waals surface area contributed by atoms with Gasteiger partial charge in [0.1, 0.15) is 42.7 Å². The molecule has 12 atom stereocenters. The number of phosphoric ester groups is 1. The highest BCUT2D eigenvalue weighted by atomic mass is 31.3. The predicted molar refractivity (Wildman–Crippen MR) is 125 cm³/mol. The second-order valence-corrected chi connectivity index (χ2v) is 12.4. The fraction of sp³-hybridized carbons (Fsp3) is 0.722. The summed E-state index contributed by atoms with van der Waals surface area (Å²) in [4.78, 5) is 56.9. The third kappa shape index (κ3) is 7.12. The summed E-state index contributed by atoms with van der Waals surface area (Å²) in [6.45, 7) is -1.03. The Kier molecular flexibility index (Phi) is 10.2. The van der Waals surface area contributed by atoms with Crippen LogP contribution in [-0.2, 0) is 32.2 Å². The van der Waals surface area contributed by atoms with Crippen LogP contribution in [0.3, 0.4) is 0 Å². The number of aromatic amines is 1. The van der Waals surface area contributed by atoms with Gasteiger partial charge < -0.3 is 55.2 Å². The first-order valence-corrected chi connectivity index (χ1v) is 14.5. The number of ether oxygens (including phenoxy) is 2. The van der Waals surface area contributed by atoms with Gasteiger partial charge in [0.15, 0.2) is 12.1 Å². The van der Waals surface area contributed by atoms with Crippen LogP contribution in [0.25, 0.3) is 0 Å². The molecule has 2 saturated heterocycles. The molecule has 2 aliphatic rings. The van der Waals surface area contributed by atoms with Gasteiger partial charge in [-0.25, -0.2) is 13.7 Å². The molecule has 2 aliphatic heterocycles. The van der Waals surface area contributed by atoms with Gasteiger partial charge in [-0.1, -0.05) is 0 Å². The summed E-state index contributed by atoms with van der Waals surface area (Å²) in [5.41, 5.74) is -1.77. The van der Waals surface area contributed by atoms with E-state index in [1.165, 1.54) is 0 Å². The van der Waals surface area contributed by atoms with Crippen LogP contribution in [0.1, 0.15) is 13.2 Å². The Labute approximate surface area is 223 Å². The van der Waals surface area contributed by atoms with Gasteiger partial charge in [-0.05, 0) is 0 Å². The van der Waals surface area contributed by atoms with E-state index in [9.17, 15) is 63.9 Å². The average molecular weight is 621 g/mol. The van der Waals surface area contributed by atoms with E-state index in [1.54, 1.807) is 0 Å². The standard InChI is InChI=1S/C18H29N3O17P2/c1-6(23)19-10-13(27)11(25)7(4-22)36-15(10)17(29)39(31,32)38-40(33,34)35-5-8-12(26)14(28)16(37-8)21-3-2-9(24)20-18(21)30/h2-3,7-8,10-17,22,25-29H,4-5H2,1H3,(H,19,23)(H,31,32)(H,33,34)(H,20,24,30)/t7-,8-,10-,11-,12-,13-,14-,15+,16-,17?/m1/s1. The molecule has 0 spiro atoms. The molecule has 10 N–H and O–H groups in total. The lowest BCUT2D eigenvalue weighted by atomic mass is 9.93. The van der Waals surface area contributed by atoms with Gasteiger partial charge in [0.05, 0.1) is 19.3 Å². The minimum Gasteiger partial charge on any atom is -0.394 e. The van der Waals surface area contributed by atoms with Crippen molar-refractivity contribution in [2.24, 2.45) is 0 Å². The van der Waals surface area contributed by atoms with Crippen molar-refractivity contribution in [2.75, 3.05) is 13.2 Å². The first kappa shape index (κ1) is 32.6. The molecule has 0 saturated carbocycles. The number of rotatable bonds is 10. The van der Waals surface area contributed by atoms with Crippen molar-refractivity contribution in [1.29, 1.82) is 0 Å². The van der Waals surface area contributed by atoms with Gasteiger partial charge in [0.25, 0.3) is 5.56 Å². The number of nitrogens with one attached hydrogen (secondary N) is 2. The van der Waals surface area contributed by atoms with Crippen LogP contribution >= 0.6 is 15.4 Å². The Bertz CT molecular complexity index is 1270. The summed E-state index contributed by atoms with van der Waals surface area (Å²) in [6, 6.07) is -0.826. The molecule has 22 heteroatoms. The summed E-state index contributed by atoms with van der Waals surface area (Å²) < 4.78 is 45.1. The lowest BCUT2D eigenvalue weighted by Crippen LogP contribution is -2.66. The maximum atomic E-state index is 12.7. The van der Waals surface area contributed by atoms with Crippen LogP contribution in [0.15, 0.2) is 21.9 Å². The van der Waals surface area contributed by atoms with Crippen molar-refractivity contribution < 1.29 is 72.7 Å². The second-order valence-electron chi connectivity index (χ2n) is 8.92. The average Bonchev–Trinajstić information content (AvgIpc) is 3.13.